The minimum absolute atomic E-state index is 0.100. The van der Waals surface area contributed by atoms with E-state index >= 15 is 0 Å². The lowest BCUT2D eigenvalue weighted by Gasteiger charge is -1.85. The fourth-order valence-electron chi connectivity index (χ4n) is 0.616. The maximum absolute atomic E-state index is 8.46. The second-order valence-electron chi connectivity index (χ2n) is 1.97. The molecule has 0 aromatic carbocycles. The summed E-state index contributed by atoms with van der Waals surface area (Å²) in [6.07, 6.45) is 2.16. The van der Waals surface area contributed by atoms with E-state index in [4.69, 9.17) is 9.84 Å². The van der Waals surface area contributed by atoms with E-state index in [-0.39, 0.29) is 6.61 Å². The molecule has 1 aromatic rings. The SMILES string of the molecule is COc1ncc(C#CCCO)s1. The van der Waals surface area contributed by atoms with Crippen LogP contribution in [-0.4, -0.2) is 23.8 Å². The van der Waals surface area contributed by atoms with Crippen molar-refractivity contribution in [1.82, 2.24) is 4.98 Å². The summed E-state index contributed by atoms with van der Waals surface area (Å²) in [7, 11) is 1.57. The summed E-state index contributed by atoms with van der Waals surface area (Å²) >= 11 is 1.39. The molecule has 3 nitrogen and oxygen atoms in total. The van der Waals surface area contributed by atoms with E-state index in [1.54, 1.807) is 13.3 Å². The number of rotatable bonds is 2. The smallest absolute Gasteiger partial charge is 0.274 e. The van der Waals surface area contributed by atoms with E-state index in [1.807, 2.05) is 0 Å². The molecule has 0 bridgehead atoms. The molecule has 0 aliphatic carbocycles. The molecule has 0 atom stereocenters. The van der Waals surface area contributed by atoms with Crippen molar-refractivity contribution in [2.45, 2.75) is 6.42 Å². The van der Waals surface area contributed by atoms with Crippen molar-refractivity contribution in [3.05, 3.63) is 11.1 Å². The molecule has 0 unspecified atom stereocenters. The lowest BCUT2D eigenvalue weighted by Crippen LogP contribution is -1.76. The van der Waals surface area contributed by atoms with Gasteiger partial charge >= 0.3 is 0 Å². The first-order chi connectivity index (χ1) is 5.86. The van der Waals surface area contributed by atoms with Crippen LogP contribution < -0.4 is 4.74 Å². The topological polar surface area (TPSA) is 42.4 Å². The lowest BCUT2D eigenvalue weighted by molar-refractivity contribution is 0.305. The number of nitrogens with zero attached hydrogens (tertiary/aromatic N) is 1. The van der Waals surface area contributed by atoms with Crippen molar-refractivity contribution in [3.63, 3.8) is 0 Å². The van der Waals surface area contributed by atoms with E-state index < -0.39 is 0 Å². The van der Waals surface area contributed by atoms with Crippen LogP contribution in [0.1, 0.15) is 11.3 Å². The van der Waals surface area contributed by atoms with Gasteiger partial charge in [-0.3, -0.25) is 0 Å². The van der Waals surface area contributed by atoms with E-state index in [0.29, 0.717) is 11.6 Å². The number of thiazole rings is 1. The summed E-state index contributed by atoms with van der Waals surface area (Å²) in [6.45, 7) is 0.100. The molecule has 12 heavy (non-hydrogen) atoms. The summed E-state index contributed by atoms with van der Waals surface area (Å²) in [5.41, 5.74) is 0. The number of aromatic nitrogens is 1. The molecule has 64 valence electrons. The first-order valence-corrected chi connectivity index (χ1v) is 4.28. The summed E-state index contributed by atoms with van der Waals surface area (Å²) in [4.78, 5) is 4.81. The highest BCUT2D eigenvalue weighted by molar-refractivity contribution is 7.13. The molecular formula is C8H9NO2S. The van der Waals surface area contributed by atoms with Crippen LogP contribution in [0.3, 0.4) is 0 Å². The normalized spacial score (nSPS) is 8.83. The van der Waals surface area contributed by atoms with Crippen molar-refractivity contribution in [2.75, 3.05) is 13.7 Å². The number of hydrogen-bond acceptors (Lipinski definition) is 4. The zero-order valence-electron chi connectivity index (χ0n) is 6.70. The van der Waals surface area contributed by atoms with Crippen molar-refractivity contribution < 1.29 is 9.84 Å². The molecule has 1 aromatic heterocycles. The minimum atomic E-state index is 0.100. The Bertz CT molecular complexity index is 297. The molecule has 1 rings (SSSR count). The van der Waals surface area contributed by atoms with Gasteiger partial charge in [-0.1, -0.05) is 23.2 Å². The van der Waals surface area contributed by atoms with Crippen molar-refractivity contribution in [1.29, 1.82) is 0 Å². The van der Waals surface area contributed by atoms with E-state index in [1.165, 1.54) is 11.3 Å². The fourth-order valence-corrected chi connectivity index (χ4v) is 1.22. The Morgan fingerprint density at radius 3 is 3.17 bits per heavy atom. The van der Waals surface area contributed by atoms with Gasteiger partial charge in [0.25, 0.3) is 5.19 Å². The third-order valence-electron chi connectivity index (χ3n) is 1.11. The molecule has 0 aliphatic heterocycles. The van der Waals surface area contributed by atoms with Crippen LogP contribution in [0.15, 0.2) is 6.20 Å². The molecule has 0 saturated heterocycles. The van der Waals surface area contributed by atoms with Gasteiger partial charge in [-0.15, -0.1) is 0 Å². The molecule has 0 saturated carbocycles. The van der Waals surface area contributed by atoms with Gasteiger partial charge < -0.3 is 9.84 Å². The summed E-state index contributed by atoms with van der Waals surface area (Å²) in [5.74, 6) is 5.67. The standard InChI is InChI=1S/C8H9NO2S/c1-11-8-9-6-7(12-8)4-2-3-5-10/h6,10H,3,5H2,1H3. The highest BCUT2D eigenvalue weighted by Gasteiger charge is 1.96. The molecule has 0 aliphatic rings. The molecule has 0 amide bonds. The van der Waals surface area contributed by atoms with Gasteiger partial charge in [0, 0.05) is 6.42 Å². The van der Waals surface area contributed by atoms with Gasteiger partial charge in [0.15, 0.2) is 0 Å². The van der Waals surface area contributed by atoms with Crippen molar-refractivity contribution >= 4 is 11.3 Å². The van der Waals surface area contributed by atoms with Crippen molar-refractivity contribution in [3.8, 4) is 17.0 Å². The van der Waals surface area contributed by atoms with Gasteiger partial charge in [0.05, 0.1) is 19.9 Å². The van der Waals surface area contributed by atoms with Crippen LogP contribution in [0.5, 0.6) is 5.19 Å². The molecule has 1 N–H and O–H groups in total. The Hall–Kier alpha value is -1.05. The molecule has 0 fully saturated rings. The Morgan fingerprint density at radius 1 is 1.75 bits per heavy atom. The van der Waals surface area contributed by atoms with Crippen LogP contribution >= 0.6 is 11.3 Å². The van der Waals surface area contributed by atoms with Crippen LogP contribution in [0, 0.1) is 11.8 Å². The largest absolute Gasteiger partial charge is 0.473 e. The highest BCUT2D eigenvalue weighted by atomic mass is 32.1. The molecular weight excluding hydrogens is 174 g/mol. The van der Waals surface area contributed by atoms with E-state index in [0.717, 1.165) is 4.88 Å². The second kappa shape index (κ2) is 4.75. The van der Waals surface area contributed by atoms with E-state index in [2.05, 4.69) is 16.8 Å². The Balaban J connectivity index is 2.59. The van der Waals surface area contributed by atoms with Crippen LogP contribution in [0.2, 0.25) is 0 Å². The summed E-state index contributed by atoms with van der Waals surface area (Å²) in [5, 5.41) is 9.07. The predicted molar refractivity (Wildman–Crippen MR) is 47.2 cm³/mol. The van der Waals surface area contributed by atoms with Crippen LogP contribution in [0.25, 0.3) is 0 Å². The Labute approximate surface area is 75.0 Å². The van der Waals surface area contributed by atoms with Crippen molar-refractivity contribution in [2.24, 2.45) is 0 Å². The van der Waals surface area contributed by atoms with Gasteiger partial charge in [0.1, 0.15) is 4.88 Å². The Morgan fingerprint density at radius 2 is 2.58 bits per heavy atom. The molecule has 4 heteroatoms. The number of hydrogen-bond donors (Lipinski definition) is 1. The Kier molecular flexibility index (Phi) is 3.58. The molecule has 0 spiro atoms. The average Bonchev–Trinajstić information content (AvgIpc) is 2.53. The van der Waals surface area contributed by atoms with E-state index in [9.17, 15) is 0 Å². The highest BCUT2D eigenvalue weighted by Crippen LogP contribution is 2.18. The van der Waals surface area contributed by atoms with Crippen LogP contribution in [-0.2, 0) is 0 Å². The summed E-state index contributed by atoms with van der Waals surface area (Å²) < 4.78 is 4.89. The average molecular weight is 183 g/mol. The predicted octanol–water partition coefficient (Wildman–Crippen LogP) is 0.886. The second-order valence-corrected chi connectivity index (χ2v) is 2.96. The number of methoxy groups -OCH3 is 1. The third kappa shape index (κ3) is 2.53. The zero-order chi connectivity index (χ0) is 8.81. The fraction of sp³-hybridized carbons (Fsp3) is 0.375. The minimum Gasteiger partial charge on any atom is -0.473 e. The van der Waals surface area contributed by atoms with Gasteiger partial charge in [-0.05, 0) is 0 Å². The number of aliphatic hydroxyl groups excluding tert-OH is 1. The summed E-state index contributed by atoms with van der Waals surface area (Å²) in [6, 6.07) is 0. The van der Waals surface area contributed by atoms with Gasteiger partial charge in [-0.2, -0.15) is 0 Å². The third-order valence-corrected chi connectivity index (χ3v) is 1.98. The quantitative estimate of drug-likeness (QED) is 0.692. The van der Waals surface area contributed by atoms with Crippen LogP contribution in [0.4, 0.5) is 0 Å². The monoisotopic (exact) mass is 183 g/mol. The number of ether oxygens (including phenoxy) is 1. The first-order valence-electron chi connectivity index (χ1n) is 3.46. The number of aliphatic hydroxyl groups is 1. The first kappa shape index (κ1) is 9.04. The van der Waals surface area contributed by atoms with Gasteiger partial charge in [-0.25, -0.2) is 4.98 Å². The maximum atomic E-state index is 8.46. The lowest BCUT2D eigenvalue weighted by atomic mass is 10.4. The maximum Gasteiger partial charge on any atom is 0.274 e. The molecule has 0 radical (unpaired) electrons. The molecule has 1 heterocycles. The zero-order valence-corrected chi connectivity index (χ0v) is 7.52. The van der Waals surface area contributed by atoms with Gasteiger partial charge in [0.2, 0.25) is 0 Å².